The van der Waals surface area contributed by atoms with E-state index >= 15 is 0 Å². The van der Waals surface area contributed by atoms with Gasteiger partial charge < -0.3 is 9.47 Å². The van der Waals surface area contributed by atoms with Gasteiger partial charge in [-0.15, -0.1) is 23.2 Å². The van der Waals surface area contributed by atoms with Crippen LogP contribution in [0.5, 0.6) is 0 Å². The smallest absolute Gasteiger partial charge is 0.276 e. The predicted molar refractivity (Wildman–Crippen MR) is 35.5 cm³/mol. The number of rotatable bonds is 2. The molecule has 1 heterocycles. The summed E-state index contributed by atoms with van der Waals surface area (Å²) in [4.78, 5) is 0. The van der Waals surface area contributed by atoms with Crippen LogP contribution in [0.2, 0.25) is 0 Å². The minimum Gasteiger partial charge on any atom is -0.454 e. The fourth-order valence-corrected chi connectivity index (χ4v) is 1.03. The van der Waals surface area contributed by atoms with Crippen LogP contribution in [0.1, 0.15) is 0 Å². The van der Waals surface area contributed by atoms with Gasteiger partial charge in [0.05, 0.1) is 0 Å². The van der Waals surface area contributed by atoms with Crippen LogP contribution < -0.4 is 0 Å². The summed E-state index contributed by atoms with van der Waals surface area (Å²) in [6.45, 7) is 0. The molecule has 9 heavy (non-hydrogen) atoms. The second kappa shape index (κ2) is 2.67. The number of ether oxygens (including phenoxy) is 2. The Labute approximate surface area is 63.3 Å². The maximum Gasteiger partial charge on any atom is 0.276 e. The van der Waals surface area contributed by atoms with E-state index in [9.17, 15) is 0 Å². The molecule has 0 radical (unpaired) electrons. The summed E-state index contributed by atoms with van der Waals surface area (Å²) in [5.41, 5.74) is 0. The minimum absolute atomic E-state index is 0.240. The van der Waals surface area contributed by atoms with Gasteiger partial charge in [0.25, 0.3) is 5.79 Å². The van der Waals surface area contributed by atoms with Crippen LogP contribution in [0, 0.1) is 0 Å². The summed E-state index contributed by atoms with van der Waals surface area (Å²) in [6.07, 6.45) is 2.87. The molecule has 0 atom stereocenters. The molecular weight excluding hydrogens is 163 g/mol. The molecule has 0 unspecified atom stereocenters. The zero-order valence-corrected chi connectivity index (χ0v) is 6.15. The lowest BCUT2D eigenvalue weighted by Crippen LogP contribution is -2.34. The van der Waals surface area contributed by atoms with E-state index in [1.165, 1.54) is 12.5 Å². The second-order valence-electron chi connectivity index (χ2n) is 1.69. The van der Waals surface area contributed by atoms with E-state index in [0.29, 0.717) is 0 Å². The van der Waals surface area contributed by atoms with E-state index in [4.69, 9.17) is 32.7 Å². The monoisotopic (exact) mass is 168 g/mol. The highest BCUT2D eigenvalue weighted by molar-refractivity contribution is 6.21. The third kappa shape index (κ3) is 1.25. The van der Waals surface area contributed by atoms with Crippen molar-refractivity contribution in [3.63, 3.8) is 0 Å². The van der Waals surface area contributed by atoms with E-state index in [1.807, 2.05) is 0 Å². The van der Waals surface area contributed by atoms with Crippen LogP contribution in [0.4, 0.5) is 0 Å². The molecule has 0 bridgehead atoms. The second-order valence-corrected chi connectivity index (χ2v) is 2.22. The average Bonchev–Trinajstić information content (AvgIpc) is 2.36. The standard InChI is InChI=1S/C5H6Cl2O2/c6-3-5(4-7)8-1-2-9-5/h1-2H,3-4H2. The number of hydrogen-bond acceptors (Lipinski definition) is 2. The number of alkyl halides is 2. The Hall–Kier alpha value is -0.0800. The summed E-state index contributed by atoms with van der Waals surface area (Å²) in [7, 11) is 0. The SMILES string of the molecule is ClCC1(CCl)OC=CO1. The van der Waals surface area contributed by atoms with Gasteiger partial charge in [0.15, 0.2) is 0 Å². The van der Waals surface area contributed by atoms with Crippen LogP contribution in [0.3, 0.4) is 0 Å². The highest BCUT2D eigenvalue weighted by Crippen LogP contribution is 2.22. The molecule has 0 aliphatic carbocycles. The first-order valence-corrected chi connectivity index (χ1v) is 3.52. The molecule has 0 aromatic carbocycles. The zero-order valence-electron chi connectivity index (χ0n) is 4.64. The molecule has 1 rings (SSSR count). The maximum absolute atomic E-state index is 5.49. The Morgan fingerprint density at radius 3 is 1.78 bits per heavy atom. The van der Waals surface area contributed by atoms with Crippen LogP contribution in [-0.2, 0) is 9.47 Å². The molecule has 1 aliphatic rings. The Balaban J connectivity index is 2.50. The van der Waals surface area contributed by atoms with Crippen molar-refractivity contribution < 1.29 is 9.47 Å². The van der Waals surface area contributed by atoms with Crippen LogP contribution in [-0.4, -0.2) is 17.5 Å². The molecule has 0 aromatic rings. The first kappa shape index (κ1) is 7.03. The maximum atomic E-state index is 5.49. The molecular formula is C5H6Cl2O2. The molecule has 0 amide bonds. The fourth-order valence-electron chi connectivity index (χ4n) is 0.493. The summed E-state index contributed by atoms with van der Waals surface area (Å²) < 4.78 is 9.94. The molecule has 0 spiro atoms. The van der Waals surface area contributed by atoms with Crippen molar-refractivity contribution in [1.29, 1.82) is 0 Å². The van der Waals surface area contributed by atoms with Gasteiger partial charge in [-0.05, 0) is 0 Å². The minimum atomic E-state index is -0.802. The Morgan fingerprint density at radius 2 is 1.56 bits per heavy atom. The molecule has 0 fully saturated rings. The molecule has 0 N–H and O–H groups in total. The summed E-state index contributed by atoms with van der Waals surface area (Å²) >= 11 is 11.0. The molecule has 0 aromatic heterocycles. The topological polar surface area (TPSA) is 18.5 Å². The van der Waals surface area contributed by atoms with E-state index in [2.05, 4.69) is 0 Å². The van der Waals surface area contributed by atoms with Gasteiger partial charge in [-0.25, -0.2) is 0 Å². The lowest BCUT2D eigenvalue weighted by Gasteiger charge is -2.21. The van der Waals surface area contributed by atoms with Crippen molar-refractivity contribution >= 4 is 23.2 Å². The summed E-state index contributed by atoms with van der Waals surface area (Å²) in [6, 6.07) is 0. The molecule has 4 heteroatoms. The highest BCUT2D eigenvalue weighted by atomic mass is 35.5. The van der Waals surface area contributed by atoms with Crippen molar-refractivity contribution in [2.75, 3.05) is 11.8 Å². The van der Waals surface area contributed by atoms with Crippen LogP contribution >= 0.6 is 23.2 Å². The average molecular weight is 169 g/mol. The van der Waals surface area contributed by atoms with E-state index < -0.39 is 5.79 Å². The lowest BCUT2D eigenvalue weighted by atomic mass is 10.4. The third-order valence-corrected chi connectivity index (χ3v) is 1.84. The molecule has 0 saturated heterocycles. The van der Waals surface area contributed by atoms with Crippen LogP contribution in [0.25, 0.3) is 0 Å². The first-order valence-electron chi connectivity index (χ1n) is 2.45. The van der Waals surface area contributed by atoms with Crippen LogP contribution in [0.15, 0.2) is 12.5 Å². The molecule has 52 valence electrons. The number of hydrogen-bond donors (Lipinski definition) is 0. The molecule has 0 saturated carbocycles. The molecule has 2 nitrogen and oxygen atoms in total. The van der Waals surface area contributed by atoms with Crippen molar-refractivity contribution in [3.05, 3.63) is 12.5 Å². The number of halogens is 2. The first-order chi connectivity index (χ1) is 4.33. The fraction of sp³-hybridized carbons (Fsp3) is 0.600. The largest absolute Gasteiger partial charge is 0.454 e. The normalized spacial score (nSPS) is 21.1. The van der Waals surface area contributed by atoms with E-state index in [0.717, 1.165) is 0 Å². The molecule has 1 aliphatic heterocycles. The van der Waals surface area contributed by atoms with Gasteiger partial charge in [0, 0.05) is 0 Å². The zero-order chi connectivity index (χ0) is 6.74. The highest BCUT2D eigenvalue weighted by Gasteiger charge is 2.33. The van der Waals surface area contributed by atoms with Crippen molar-refractivity contribution in [3.8, 4) is 0 Å². The third-order valence-electron chi connectivity index (χ3n) is 1.03. The predicted octanol–water partition coefficient (Wildman–Crippen LogP) is 1.68. The lowest BCUT2D eigenvalue weighted by molar-refractivity contribution is -0.102. The van der Waals surface area contributed by atoms with Gasteiger partial charge in [0.1, 0.15) is 24.3 Å². The van der Waals surface area contributed by atoms with Gasteiger partial charge >= 0.3 is 0 Å². The van der Waals surface area contributed by atoms with Gasteiger partial charge in [0.2, 0.25) is 0 Å². The van der Waals surface area contributed by atoms with Crippen molar-refractivity contribution in [1.82, 2.24) is 0 Å². The van der Waals surface area contributed by atoms with Gasteiger partial charge in [-0.1, -0.05) is 0 Å². The van der Waals surface area contributed by atoms with Crippen molar-refractivity contribution in [2.45, 2.75) is 5.79 Å². The Kier molecular flexibility index (Phi) is 2.09. The Morgan fingerprint density at radius 1 is 1.11 bits per heavy atom. The quantitative estimate of drug-likeness (QED) is 0.585. The Bertz CT molecular complexity index is 110. The van der Waals surface area contributed by atoms with E-state index in [-0.39, 0.29) is 11.8 Å². The van der Waals surface area contributed by atoms with E-state index in [1.54, 1.807) is 0 Å². The van der Waals surface area contributed by atoms with Gasteiger partial charge in [-0.2, -0.15) is 0 Å². The van der Waals surface area contributed by atoms with Gasteiger partial charge in [-0.3, -0.25) is 0 Å². The van der Waals surface area contributed by atoms with Crippen molar-refractivity contribution in [2.24, 2.45) is 0 Å². The summed E-state index contributed by atoms with van der Waals surface area (Å²) in [5, 5.41) is 0. The summed E-state index contributed by atoms with van der Waals surface area (Å²) in [5.74, 6) is -0.323.